The van der Waals surface area contributed by atoms with E-state index in [4.69, 9.17) is 4.74 Å². The molecular weight excluding hydrogens is 401 g/mol. The Balaban J connectivity index is 0.00000484. The van der Waals surface area contributed by atoms with Gasteiger partial charge in [0.05, 0.1) is 0 Å². The third kappa shape index (κ3) is 9.81. The van der Waals surface area contributed by atoms with Crippen LogP contribution in [0.3, 0.4) is 0 Å². The summed E-state index contributed by atoms with van der Waals surface area (Å²) in [5.41, 5.74) is 2.67. The Morgan fingerprint density at radius 1 is 1.22 bits per heavy atom. The average Bonchev–Trinajstić information content (AvgIpc) is 2.53. The van der Waals surface area contributed by atoms with Crippen LogP contribution in [0.15, 0.2) is 29.3 Å². The Bertz CT molecular complexity index is 452. The molecule has 1 unspecified atom stereocenters. The van der Waals surface area contributed by atoms with Crippen LogP contribution in [0.1, 0.15) is 43.2 Å². The van der Waals surface area contributed by atoms with Crippen LogP contribution in [-0.4, -0.2) is 39.8 Å². The molecule has 0 aliphatic heterocycles. The number of aryl methyl sites for hydroxylation is 1. The summed E-state index contributed by atoms with van der Waals surface area (Å²) < 4.78 is 5.05. The molecule has 1 rings (SSSR count). The predicted molar refractivity (Wildman–Crippen MR) is 110 cm³/mol. The van der Waals surface area contributed by atoms with Crippen molar-refractivity contribution in [2.75, 3.05) is 33.9 Å². The summed E-state index contributed by atoms with van der Waals surface area (Å²) in [6, 6.07) is 8.69. The van der Waals surface area contributed by atoms with Gasteiger partial charge in [-0.05, 0) is 37.7 Å². The number of benzene rings is 1. The zero-order valence-electron chi connectivity index (χ0n) is 14.9. The summed E-state index contributed by atoms with van der Waals surface area (Å²) >= 11 is 0. The largest absolute Gasteiger partial charge is 0.385 e. The second-order valence-corrected chi connectivity index (χ2v) is 5.75. The minimum Gasteiger partial charge on any atom is -0.385 e. The second-order valence-electron chi connectivity index (χ2n) is 5.75. The molecular formula is C18H32IN3O. The molecule has 0 amide bonds. The molecule has 0 bridgehead atoms. The fourth-order valence-electron chi connectivity index (χ4n) is 2.32. The summed E-state index contributed by atoms with van der Waals surface area (Å²) in [4.78, 5) is 4.27. The third-order valence-corrected chi connectivity index (χ3v) is 3.73. The Hall–Kier alpha value is -0.820. The van der Waals surface area contributed by atoms with Crippen LogP contribution in [-0.2, 0) is 4.74 Å². The number of guanidine groups is 1. The van der Waals surface area contributed by atoms with Crippen molar-refractivity contribution in [3.05, 3.63) is 35.4 Å². The van der Waals surface area contributed by atoms with Gasteiger partial charge in [0.2, 0.25) is 0 Å². The van der Waals surface area contributed by atoms with E-state index in [1.165, 1.54) is 17.5 Å². The number of hydrogen-bond acceptors (Lipinski definition) is 2. The van der Waals surface area contributed by atoms with Crippen molar-refractivity contribution < 1.29 is 4.74 Å². The molecule has 0 heterocycles. The smallest absolute Gasteiger partial charge is 0.190 e. The standard InChI is InChI=1S/C18H31N3O.HI/c1-15-9-8-10-17(13-15)16(2)14-21-18(19-3)20-11-6-5-7-12-22-4;/h8-10,13,16H,5-7,11-12,14H2,1-4H3,(H2,19,20,21);1H. The van der Waals surface area contributed by atoms with Gasteiger partial charge in [-0.25, -0.2) is 0 Å². The maximum atomic E-state index is 5.05. The number of hydrogen-bond donors (Lipinski definition) is 2. The van der Waals surface area contributed by atoms with Crippen molar-refractivity contribution >= 4 is 29.9 Å². The van der Waals surface area contributed by atoms with E-state index in [1.54, 1.807) is 7.11 Å². The fraction of sp³-hybridized carbons (Fsp3) is 0.611. The lowest BCUT2D eigenvalue weighted by Gasteiger charge is -2.16. The zero-order chi connectivity index (χ0) is 16.2. The van der Waals surface area contributed by atoms with Crippen LogP contribution in [0, 0.1) is 6.92 Å². The molecule has 1 atom stereocenters. The van der Waals surface area contributed by atoms with Crippen molar-refractivity contribution in [3.8, 4) is 0 Å². The number of rotatable bonds is 9. The lowest BCUT2D eigenvalue weighted by atomic mass is 9.99. The van der Waals surface area contributed by atoms with Gasteiger partial charge in [0.25, 0.3) is 0 Å². The maximum absolute atomic E-state index is 5.05. The first kappa shape index (κ1) is 22.2. The average molecular weight is 433 g/mol. The van der Waals surface area contributed by atoms with Crippen LogP contribution >= 0.6 is 24.0 Å². The Morgan fingerprint density at radius 2 is 2.00 bits per heavy atom. The first-order valence-corrected chi connectivity index (χ1v) is 8.17. The Morgan fingerprint density at radius 3 is 2.65 bits per heavy atom. The van der Waals surface area contributed by atoms with Gasteiger partial charge in [0.15, 0.2) is 5.96 Å². The van der Waals surface area contributed by atoms with E-state index in [2.05, 4.69) is 53.7 Å². The van der Waals surface area contributed by atoms with Gasteiger partial charge in [-0.1, -0.05) is 36.8 Å². The van der Waals surface area contributed by atoms with E-state index in [1.807, 2.05) is 7.05 Å². The van der Waals surface area contributed by atoms with E-state index in [-0.39, 0.29) is 24.0 Å². The van der Waals surface area contributed by atoms with Gasteiger partial charge in [0.1, 0.15) is 0 Å². The number of methoxy groups -OCH3 is 1. The molecule has 4 nitrogen and oxygen atoms in total. The number of nitrogens with zero attached hydrogens (tertiary/aromatic N) is 1. The molecule has 0 aromatic heterocycles. The van der Waals surface area contributed by atoms with Crippen LogP contribution < -0.4 is 10.6 Å². The Kier molecular flexibility index (Phi) is 13.1. The van der Waals surface area contributed by atoms with Gasteiger partial charge in [-0.3, -0.25) is 4.99 Å². The quantitative estimate of drug-likeness (QED) is 0.270. The molecule has 132 valence electrons. The summed E-state index contributed by atoms with van der Waals surface area (Å²) in [5.74, 6) is 1.34. The number of halogens is 1. The number of nitrogens with one attached hydrogen (secondary N) is 2. The fourth-order valence-corrected chi connectivity index (χ4v) is 2.32. The van der Waals surface area contributed by atoms with Gasteiger partial charge < -0.3 is 15.4 Å². The molecule has 0 spiro atoms. The van der Waals surface area contributed by atoms with Crippen molar-refractivity contribution in [1.29, 1.82) is 0 Å². The monoisotopic (exact) mass is 433 g/mol. The second kappa shape index (κ2) is 13.6. The van der Waals surface area contributed by atoms with E-state index in [0.29, 0.717) is 5.92 Å². The lowest BCUT2D eigenvalue weighted by molar-refractivity contribution is 0.192. The van der Waals surface area contributed by atoms with E-state index >= 15 is 0 Å². The summed E-state index contributed by atoms with van der Waals surface area (Å²) in [7, 11) is 3.57. The number of unbranched alkanes of at least 4 members (excludes halogenated alkanes) is 2. The van der Waals surface area contributed by atoms with Gasteiger partial charge in [-0.15, -0.1) is 24.0 Å². The van der Waals surface area contributed by atoms with Crippen molar-refractivity contribution in [2.45, 2.75) is 39.0 Å². The van der Waals surface area contributed by atoms with Gasteiger partial charge in [0, 0.05) is 33.9 Å². The Labute approximate surface area is 158 Å². The number of ether oxygens (including phenoxy) is 1. The molecule has 0 saturated carbocycles. The minimum atomic E-state index is 0. The molecule has 5 heteroatoms. The van der Waals surface area contributed by atoms with Gasteiger partial charge >= 0.3 is 0 Å². The molecule has 0 fully saturated rings. The minimum absolute atomic E-state index is 0. The molecule has 0 saturated heterocycles. The summed E-state index contributed by atoms with van der Waals surface area (Å²) in [5, 5.41) is 6.77. The van der Waals surface area contributed by atoms with E-state index < -0.39 is 0 Å². The van der Waals surface area contributed by atoms with Crippen LogP contribution in [0.2, 0.25) is 0 Å². The molecule has 0 radical (unpaired) electrons. The van der Waals surface area contributed by atoms with E-state index in [9.17, 15) is 0 Å². The molecule has 1 aromatic carbocycles. The molecule has 23 heavy (non-hydrogen) atoms. The first-order chi connectivity index (χ1) is 10.7. The first-order valence-electron chi connectivity index (χ1n) is 8.17. The summed E-state index contributed by atoms with van der Waals surface area (Å²) in [6.45, 7) is 7.05. The van der Waals surface area contributed by atoms with E-state index in [0.717, 1.165) is 38.5 Å². The van der Waals surface area contributed by atoms with Crippen LogP contribution in [0.5, 0.6) is 0 Å². The molecule has 2 N–H and O–H groups in total. The van der Waals surface area contributed by atoms with Crippen molar-refractivity contribution in [2.24, 2.45) is 4.99 Å². The molecule has 0 aliphatic carbocycles. The highest BCUT2D eigenvalue weighted by Crippen LogP contribution is 2.15. The van der Waals surface area contributed by atoms with Crippen molar-refractivity contribution in [3.63, 3.8) is 0 Å². The highest BCUT2D eigenvalue weighted by Gasteiger charge is 2.06. The topological polar surface area (TPSA) is 45.7 Å². The normalized spacial score (nSPS) is 12.4. The van der Waals surface area contributed by atoms with Gasteiger partial charge in [-0.2, -0.15) is 0 Å². The maximum Gasteiger partial charge on any atom is 0.190 e. The summed E-state index contributed by atoms with van der Waals surface area (Å²) in [6.07, 6.45) is 3.43. The predicted octanol–water partition coefficient (Wildman–Crippen LogP) is 3.70. The van der Waals surface area contributed by atoms with Crippen LogP contribution in [0.4, 0.5) is 0 Å². The zero-order valence-corrected chi connectivity index (χ0v) is 17.2. The SMILES string of the molecule is CN=C(NCCCCCOC)NCC(C)c1cccc(C)c1.I. The third-order valence-electron chi connectivity index (χ3n) is 3.73. The van der Waals surface area contributed by atoms with Crippen molar-refractivity contribution in [1.82, 2.24) is 10.6 Å². The molecule has 1 aromatic rings. The number of aliphatic imine (C=N–C) groups is 1. The lowest BCUT2D eigenvalue weighted by Crippen LogP contribution is -2.39. The highest BCUT2D eigenvalue weighted by molar-refractivity contribution is 14.0. The highest BCUT2D eigenvalue weighted by atomic mass is 127. The van der Waals surface area contributed by atoms with Crippen LogP contribution in [0.25, 0.3) is 0 Å². The molecule has 0 aliphatic rings.